The van der Waals surface area contributed by atoms with Gasteiger partial charge < -0.3 is 15.0 Å². The number of rotatable bonds is 9. The van der Waals surface area contributed by atoms with E-state index in [2.05, 4.69) is 38.2 Å². The van der Waals surface area contributed by atoms with Gasteiger partial charge in [0.15, 0.2) is 0 Å². The van der Waals surface area contributed by atoms with Gasteiger partial charge in [-0.05, 0) is 26.2 Å². The average Bonchev–Trinajstić information content (AvgIpc) is 3.30. The number of nitriles is 1. The van der Waals surface area contributed by atoms with Gasteiger partial charge >= 0.3 is 6.01 Å². The van der Waals surface area contributed by atoms with Crippen LogP contribution >= 0.6 is 0 Å². The van der Waals surface area contributed by atoms with Crippen molar-refractivity contribution in [2.45, 2.75) is 45.6 Å². The Balaban J connectivity index is 2.21. The maximum Gasteiger partial charge on any atom is 0.323 e. The summed E-state index contributed by atoms with van der Waals surface area (Å²) in [7, 11) is 0. The normalized spacial score (nSPS) is 13.6. The molecule has 0 unspecified atom stereocenters. The Morgan fingerprint density at radius 2 is 2.14 bits per heavy atom. The molecule has 0 bridgehead atoms. The van der Waals surface area contributed by atoms with Gasteiger partial charge in [0.25, 0.3) is 0 Å². The van der Waals surface area contributed by atoms with Crippen LogP contribution in [0, 0.1) is 11.3 Å². The number of hydrogen-bond acceptors (Lipinski definition) is 7. The molecular formula is C14H22N6O. The van der Waals surface area contributed by atoms with E-state index >= 15 is 0 Å². The van der Waals surface area contributed by atoms with E-state index in [4.69, 9.17) is 10.00 Å². The molecule has 0 radical (unpaired) electrons. The number of nitrogens with one attached hydrogen (secondary N) is 1. The molecule has 7 nitrogen and oxygen atoms in total. The Morgan fingerprint density at radius 3 is 2.76 bits per heavy atom. The predicted octanol–water partition coefficient (Wildman–Crippen LogP) is 1.97. The van der Waals surface area contributed by atoms with Gasteiger partial charge in [-0.15, -0.1) is 0 Å². The Labute approximate surface area is 125 Å². The van der Waals surface area contributed by atoms with Gasteiger partial charge in [-0.25, -0.2) is 0 Å². The molecule has 0 aliphatic heterocycles. The zero-order valence-corrected chi connectivity index (χ0v) is 12.7. The molecule has 114 valence electrons. The van der Waals surface area contributed by atoms with Crippen molar-refractivity contribution in [3.05, 3.63) is 0 Å². The molecule has 1 heterocycles. The minimum atomic E-state index is 0.337. The van der Waals surface area contributed by atoms with Gasteiger partial charge in [0, 0.05) is 19.1 Å². The summed E-state index contributed by atoms with van der Waals surface area (Å²) in [4.78, 5) is 15.2. The fraction of sp³-hybridized carbons (Fsp3) is 0.714. The van der Waals surface area contributed by atoms with Crippen LogP contribution in [0.25, 0.3) is 0 Å². The van der Waals surface area contributed by atoms with E-state index in [1.54, 1.807) is 0 Å². The van der Waals surface area contributed by atoms with Crippen LogP contribution in [-0.4, -0.2) is 40.7 Å². The summed E-state index contributed by atoms with van der Waals surface area (Å²) in [5.74, 6) is 1.14. The van der Waals surface area contributed by atoms with Crippen LogP contribution in [0.5, 0.6) is 6.01 Å². The molecule has 1 saturated carbocycles. The van der Waals surface area contributed by atoms with Gasteiger partial charge in [-0.1, -0.05) is 6.92 Å². The number of nitrogens with zero attached hydrogens (tertiary/aromatic N) is 5. The highest BCUT2D eigenvalue weighted by Crippen LogP contribution is 2.30. The number of ether oxygens (including phenoxy) is 1. The van der Waals surface area contributed by atoms with Crippen LogP contribution in [0.4, 0.5) is 11.9 Å². The lowest BCUT2D eigenvalue weighted by Gasteiger charge is -2.21. The zero-order chi connectivity index (χ0) is 15.1. The van der Waals surface area contributed by atoms with E-state index in [0.29, 0.717) is 43.5 Å². The molecule has 2 rings (SSSR count). The molecule has 21 heavy (non-hydrogen) atoms. The smallest absolute Gasteiger partial charge is 0.323 e. The summed E-state index contributed by atoms with van der Waals surface area (Å²) in [6.07, 6.45) is 3.70. The third kappa shape index (κ3) is 4.45. The summed E-state index contributed by atoms with van der Waals surface area (Å²) < 4.78 is 5.43. The van der Waals surface area contributed by atoms with Crippen molar-refractivity contribution in [1.29, 1.82) is 5.26 Å². The van der Waals surface area contributed by atoms with E-state index in [9.17, 15) is 0 Å². The summed E-state index contributed by atoms with van der Waals surface area (Å²) in [6, 6.07) is 2.96. The second-order valence-corrected chi connectivity index (χ2v) is 4.93. The van der Waals surface area contributed by atoms with Gasteiger partial charge in [0.1, 0.15) is 0 Å². The molecule has 0 spiro atoms. The minimum absolute atomic E-state index is 0.337. The van der Waals surface area contributed by atoms with Crippen LogP contribution < -0.4 is 15.0 Å². The molecular weight excluding hydrogens is 268 g/mol. The van der Waals surface area contributed by atoms with Gasteiger partial charge in [-0.3, -0.25) is 0 Å². The SMILES string of the molecule is CCCNc1nc(OCC)nc(N(CCC#N)C2CC2)n1. The van der Waals surface area contributed by atoms with Crippen LogP contribution in [0.3, 0.4) is 0 Å². The van der Waals surface area contributed by atoms with Crippen LogP contribution in [0.2, 0.25) is 0 Å². The van der Waals surface area contributed by atoms with E-state index in [0.717, 1.165) is 25.8 Å². The van der Waals surface area contributed by atoms with Crippen molar-refractivity contribution >= 4 is 11.9 Å². The molecule has 7 heteroatoms. The summed E-state index contributed by atoms with van der Waals surface area (Å²) in [6.45, 7) is 5.94. The third-order valence-corrected chi connectivity index (χ3v) is 3.12. The second-order valence-electron chi connectivity index (χ2n) is 4.93. The highest BCUT2D eigenvalue weighted by atomic mass is 16.5. The van der Waals surface area contributed by atoms with Crippen LogP contribution in [-0.2, 0) is 0 Å². The molecule has 0 amide bonds. The molecule has 1 aromatic heterocycles. The standard InChI is InChI=1S/C14H22N6O/c1-3-9-16-12-17-13(19-14(18-12)21-4-2)20(10-5-8-15)11-6-7-11/h11H,3-7,9-10H2,1-2H3,(H,16,17,18,19). The third-order valence-electron chi connectivity index (χ3n) is 3.12. The first-order chi connectivity index (χ1) is 10.3. The average molecular weight is 290 g/mol. The summed E-state index contributed by atoms with van der Waals surface area (Å²) >= 11 is 0. The first-order valence-corrected chi connectivity index (χ1v) is 7.54. The Morgan fingerprint density at radius 1 is 1.33 bits per heavy atom. The highest BCUT2D eigenvalue weighted by Gasteiger charge is 2.31. The first-order valence-electron chi connectivity index (χ1n) is 7.54. The van der Waals surface area contributed by atoms with E-state index in [-0.39, 0.29) is 0 Å². The first kappa shape index (κ1) is 15.3. The molecule has 0 aromatic carbocycles. The molecule has 0 atom stereocenters. The van der Waals surface area contributed by atoms with E-state index in [1.807, 2.05) is 6.92 Å². The molecule has 1 aliphatic carbocycles. The van der Waals surface area contributed by atoms with E-state index < -0.39 is 0 Å². The Hall–Kier alpha value is -2.10. The lowest BCUT2D eigenvalue weighted by molar-refractivity contribution is 0.312. The Kier molecular flexibility index (Phi) is 5.55. The van der Waals surface area contributed by atoms with Crippen molar-refractivity contribution in [2.75, 3.05) is 29.9 Å². The van der Waals surface area contributed by atoms with Gasteiger partial charge in [-0.2, -0.15) is 20.2 Å². The van der Waals surface area contributed by atoms with Crippen molar-refractivity contribution < 1.29 is 4.74 Å². The molecule has 0 saturated heterocycles. The van der Waals surface area contributed by atoms with Crippen LogP contribution in [0.15, 0.2) is 0 Å². The van der Waals surface area contributed by atoms with Gasteiger partial charge in [0.05, 0.1) is 19.1 Å². The topological polar surface area (TPSA) is 87.0 Å². The second kappa shape index (κ2) is 7.62. The molecule has 1 fully saturated rings. The van der Waals surface area contributed by atoms with Crippen LogP contribution in [0.1, 0.15) is 39.5 Å². The predicted molar refractivity (Wildman–Crippen MR) is 80.4 cm³/mol. The molecule has 1 aromatic rings. The quantitative estimate of drug-likeness (QED) is 0.744. The Bertz CT molecular complexity index is 497. The number of anilines is 2. The largest absolute Gasteiger partial charge is 0.464 e. The van der Waals surface area contributed by atoms with Crippen molar-refractivity contribution in [2.24, 2.45) is 0 Å². The fourth-order valence-corrected chi connectivity index (χ4v) is 1.99. The van der Waals surface area contributed by atoms with E-state index in [1.165, 1.54) is 0 Å². The number of aromatic nitrogens is 3. The maximum absolute atomic E-state index is 8.81. The summed E-state index contributed by atoms with van der Waals surface area (Å²) in [5, 5.41) is 12.0. The number of hydrogen-bond donors (Lipinski definition) is 1. The lowest BCUT2D eigenvalue weighted by Crippen LogP contribution is -2.29. The van der Waals surface area contributed by atoms with Crippen molar-refractivity contribution in [1.82, 2.24) is 15.0 Å². The van der Waals surface area contributed by atoms with Crippen molar-refractivity contribution in [3.8, 4) is 12.1 Å². The summed E-state index contributed by atoms with van der Waals surface area (Å²) in [5.41, 5.74) is 0. The van der Waals surface area contributed by atoms with Gasteiger partial charge in [0.2, 0.25) is 11.9 Å². The lowest BCUT2D eigenvalue weighted by atomic mass is 10.4. The molecule has 1 N–H and O–H groups in total. The highest BCUT2D eigenvalue weighted by molar-refractivity contribution is 5.40. The maximum atomic E-state index is 8.81. The fourth-order valence-electron chi connectivity index (χ4n) is 1.99. The van der Waals surface area contributed by atoms with Crippen molar-refractivity contribution in [3.63, 3.8) is 0 Å². The minimum Gasteiger partial charge on any atom is -0.464 e. The molecule has 1 aliphatic rings. The zero-order valence-electron chi connectivity index (χ0n) is 12.7. The monoisotopic (exact) mass is 290 g/mol.